The molecule has 0 bridgehead atoms. The van der Waals surface area contributed by atoms with Gasteiger partial charge >= 0.3 is 0 Å². The van der Waals surface area contributed by atoms with Crippen molar-refractivity contribution in [1.29, 1.82) is 0 Å². The van der Waals surface area contributed by atoms with E-state index in [0.717, 1.165) is 0 Å². The molecular formula is CH116BIP112. The van der Waals surface area contributed by atoms with Crippen LogP contribution in [0.15, 0.2) is 0 Å². The molecule has 60 unspecified atom stereocenters. The second kappa shape index (κ2) is 88.3. The summed E-state index contributed by atoms with van der Waals surface area (Å²) in [4.78, 5) is 0. The zero-order valence-corrected chi connectivity index (χ0v) is 177. The fourth-order valence-corrected chi connectivity index (χ4v) is 1490. The van der Waals surface area contributed by atoms with Crippen molar-refractivity contribution in [3.63, 3.8) is 0 Å². The Hall–Kier alpha value is 49.0. The van der Waals surface area contributed by atoms with Crippen molar-refractivity contribution in [3.8, 4) is 0 Å². The Morgan fingerprint density at radius 1 is 0.113 bits per heavy atom. The molecule has 0 amide bonds. The molecule has 0 aromatic rings. The molecule has 0 N–H and O–H groups in total. The summed E-state index contributed by atoms with van der Waals surface area (Å²) in [5.74, 6) is 0. The van der Waals surface area contributed by atoms with E-state index in [1.165, 1.54) is 0 Å². The minimum atomic E-state index is -0.880. The van der Waals surface area contributed by atoms with Crippen LogP contribution in [0.4, 0.5) is 0 Å². The SMILES string of the molecule is PP(P)P(P(P)P)P(B(P(P(P(P(P)P)P(P)P)P(P(P)P)P(P)P)P(P(P(P)P)P(P)P)P(P(P)P)P(P)P)C(I)(P(P(P(P(P)P)P(P)P)P(P(P)P)P(P)P)P(P(P(P)P)P(P)P)P(P(P)P)P(P)P)P(P(P(P(P)P)P(P)P)P(P(P)P)P(P)P)P(P(P(P)P)P(P)P)P(P(P)P)P(P)P)P(P(P)P)P(P(P)P)P(P)P. The second-order valence-corrected chi connectivity index (χ2v) is 475. The second-order valence-electron chi connectivity index (χ2n) is 18.9. The molecule has 0 saturated heterocycles. The Morgan fingerprint density at radius 3 is 0.304 bits per heavy atom. The minimum Gasteiger partial charge on any atom is -0.102 e. The lowest BCUT2D eigenvalue weighted by Crippen LogP contribution is -2.31. The molecular weight excluding hydrogens is 3620 g/mol. The van der Waals surface area contributed by atoms with Crippen molar-refractivity contribution < 1.29 is 0 Å². The fraction of sp³-hybridized carbons (Fsp3) is 1.00. The van der Waals surface area contributed by atoms with Crippen LogP contribution in [0, 0.1) is 0 Å². The van der Waals surface area contributed by atoms with E-state index in [1.54, 1.807) is 0 Å². The molecule has 0 aliphatic rings. The first-order valence-electron chi connectivity index (χ1n) is 26.4. The molecule has 115 heavy (non-hydrogen) atoms. The van der Waals surface area contributed by atoms with Crippen LogP contribution in [0.5, 0.6) is 0 Å². The van der Waals surface area contributed by atoms with Crippen LogP contribution in [0.25, 0.3) is 0 Å². The van der Waals surface area contributed by atoms with Crippen LogP contribution < -0.4 is 0 Å². The molecule has 0 heterocycles. The number of alkyl halides is 1. The van der Waals surface area contributed by atoms with Gasteiger partial charge in [-0.3, -0.25) is 0 Å². The Labute approximate surface area is 912 Å². The lowest BCUT2D eigenvalue weighted by atomic mass is 10.1. The van der Waals surface area contributed by atoms with Crippen LogP contribution in [0.3, 0.4) is 0 Å². The molecule has 114 heteroatoms. The van der Waals surface area contributed by atoms with E-state index in [4.69, 9.17) is 0 Å². The number of rotatable bonds is 55. The molecule has 0 aromatic heterocycles. The average molecular weight is 3740 g/mol. The predicted octanol–water partition coefficient (Wildman–Crippen LogP) is 65.7. The van der Waals surface area contributed by atoms with E-state index in [9.17, 15) is 0 Å². The molecule has 0 aliphatic heterocycles. The van der Waals surface area contributed by atoms with Crippen molar-refractivity contribution >= 4 is 925 Å². The number of halogens is 1. The molecule has 0 radical (unpaired) electrons. The molecule has 0 saturated carbocycles. The van der Waals surface area contributed by atoms with Gasteiger partial charge in [0.1, 0.15) is 0 Å². The first kappa shape index (κ1) is 164. The van der Waals surface area contributed by atoms with Crippen LogP contribution >= 0.6 is 919 Å². The highest BCUT2D eigenvalue weighted by molar-refractivity contribution is 14.1. The van der Waals surface area contributed by atoms with Gasteiger partial charge in [0.25, 0.3) is 6.15 Å². The summed E-state index contributed by atoms with van der Waals surface area (Å²) in [5.41, 5.74) is 0. The molecule has 0 aromatic carbocycles. The smallest absolute Gasteiger partial charge is 0.102 e. The summed E-state index contributed by atoms with van der Waals surface area (Å²) >= 11 is 4.23. The Balaban J connectivity index is 16.2. The maximum absolute atomic E-state index is 4.23. The van der Waals surface area contributed by atoms with Crippen molar-refractivity contribution in [2.24, 2.45) is 0 Å². The summed E-state index contributed by atoms with van der Waals surface area (Å²) in [6, 6.07) is 0. The fourth-order valence-electron chi connectivity index (χ4n) is 7.78. The Kier molecular flexibility index (Phi) is 126. The molecule has 0 aliphatic carbocycles. The van der Waals surface area contributed by atoms with Gasteiger partial charge in [-0.25, -0.2) is 0 Å². The maximum Gasteiger partial charge on any atom is 0.252 e. The highest BCUT2D eigenvalue weighted by Gasteiger charge is 2.75. The third kappa shape index (κ3) is 55.8. The Bertz CT molecular complexity index is 2050. The lowest BCUT2D eigenvalue weighted by molar-refractivity contribution is 1.92. The van der Waals surface area contributed by atoms with Gasteiger partial charge in [0, 0.05) is 0 Å². The van der Waals surface area contributed by atoms with E-state index in [2.05, 4.69) is 540 Å². The van der Waals surface area contributed by atoms with Gasteiger partial charge < -0.3 is 0 Å². The normalized spacial score (nSPS) is 15.3. The van der Waals surface area contributed by atoms with E-state index in [1.807, 2.05) is 0 Å². The predicted molar refractivity (Wildman–Crippen MR) is 959 cm³/mol. The highest BCUT2D eigenvalue weighted by atomic mass is 127. The molecule has 690 valence electrons. The molecule has 0 spiro atoms. The van der Waals surface area contributed by atoms with Crippen molar-refractivity contribution in [3.05, 3.63) is 0 Å². The van der Waals surface area contributed by atoms with Gasteiger partial charge in [-0.1, -0.05) is 36.9 Å². The van der Waals surface area contributed by atoms with E-state index < -0.39 is 378 Å². The van der Waals surface area contributed by atoms with Crippen LogP contribution in [-0.2, 0) is 0 Å². The van der Waals surface area contributed by atoms with Gasteiger partial charge in [-0.15, -0.1) is 518 Å². The van der Waals surface area contributed by atoms with Crippen molar-refractivity contribution in [2.45, 2.75) is 2.80 Å². The monoisotopic (exact) mass is 3740 g/mol. The zero-order chi connectivity index (χ0) is 91.3. The number of hydrogen-bond acceptors (Lipinski definition) is 0. The van der Waals surface area contributed by atoms with Crippen LogP contribution in [0.1, 0.15) is 0 Å². The van der Waals surface area contributed by atoms with Gasteiger partial charge in [0.05, 0.1) is 2.80 Å². The summed E-state index contributed by atoms with van der Waals surface area (Å²) in [7, 11) is 221. The standard InChI is InChI=1S/CH116BIP112/c3-1(62(95(103(69(10)11)70(12)13)104(71(14)15)72(16)17)96(105(73(18)19)74(20)21)106(75(22)23)76(24)25,63(97(107(77(26)27)78(28)29)108(79(30)31)80(32)33)98(109(81(34)35)82(36)37)110(83(38)39)84(40)41)2(64(99(66(4)5)67(6)7)100(68(8)9)111(85(42)43)86(44)45)65(101(112(87(46)47)88(48)49)113(89(50)51)90(52)53)102(114(91(54)55)92(56)57)115(93(58)59)94(60)61/h4-61H2. The highest BCUT2D eigenvalue weighted by Crippen LogP contribution is 3.48. The van der Waals surface area contributed by atoms with Crippen LogP contribution in [0.2, 0.25) is 0 Å². The van der Waals surface area contributed by atoms with Gasteiger partial charge in [0.2, 0.25) is 0 Å². The van der Waals surface area contributed by atoms with Crippen LogP contribution in [-0.4, -0.2) is 8.96 Å². The quantitative estimate of drug-likeness (QED) is 0.0246. The third-order valence-electron chi connectivity index (χ3n) is 10.8. The van der Waals surface area contributed by atoms with E-state index in [0.29, 0.717) is 6.15 Å². The lowest BCUT2D eigenvalue weighted by Gasteiger charge is -2.67. The summed E-state index contributed by atoms with van der Waals surface area (Å²) in [5, 5.41) is 0. The topological polar surface area (TPSA) is 0 Å². The zero-order valence-electron chi connectivity index (χ0n) is 59.1. The largest absolute Gasteiger partial charge is 0.252 e. The molecule has 60 atom stereocenters. The molecule has 0 nitrogen and oxygen atoms in total. The molecule has 0 fully saturated rings. The summed E-state index contributed by atoms with van der Waals surface area (Å²) < 4.78 is -0.0191. The molecule has 0 rings (SSSR count). The van der Waals surface area contributed by atoms with Gasteiger partial charge in [-0.2, -0.15) is 0 Å². The maximum atomic E-state index is 4.23. The third-order valence-corrected chi connectivity index (χ3v) is 754. The van der Waals surface area contributed by atoms with Gasteiger partial charge in [0.15, 0.2) is 0 Å². The van der Waals surface area contributed by atoms with Crippen molar-refractivity contribution in [1.82, 2.24) is 0 Å². The first-order chi connectivity index (χ1) is 52.2. The van der Waals surface area contributed by atoms with Crippen molar-refractivity contribution in [2.75, 3.05) is 0 Å². The average Bonchev–Trinajstić information content (AvgIpc) is 0.685. The summed E-state index contributed by atoms with van der Waals surface area (Å²) in [6.07, 6.45) is 0.617. The summed E-state index contributed by atoms with van der Waals surface area (Å²) in [6.45, 7) is -27.8. The van der Waals surface area contributed by atoms with E-state index >= 15 is 0 Å². The van der Waals surface area contributed by atoms with Gasteiger partial charge in [-0.05, 0) is 364 Å². The Morgan fingerprint density at radius 2 is 0.200 bits per heavy atom. The number of hydrogen-bond donors (Lipinski definition) is 0. The van der Waals surface area contributed by atoms with E-state index in [-0.39, 0.29) is 2.80 Å². The first-order valence-corrected chi connectivity index (χ1v) is 229. The minimum absolute atomic E-state index is 0.0191.